The normalized spacial score (nSPS) is 14.9. The molecule has 10 heteroatoms. The number of ether oxygens (including phenoxy) is 1. The Morgan fingerprint density at radius 2 is 1.71 bits per heavy atom. The molecule has 3 aromatic rings. The number of carbonyl (C=O) groups is 1. The lowest BCUT2D eigenvalue weighted by atomic mass is 10.2. The van der Waals surface area contributed by atoms with Crippen LogP contribution < -0.4 is 10.1 Å². The number of rotatable bonds is 5. The Hall–Kier alpha value is -3.37. The van der Waals surface area contributed by atoms with Crippen LogP contribution in [-0.4, -0.2) is 66.7 Å². The summed E-state index contributed by atoms with van der Waals surface area (Å²) in [6, 6.07) is 15.2. The monoisotopic (exact) mass is 441 g/mol. The third-order valence-corrected chi connectivity index (χ3v) is 7.03. The van der Waals surface area contributed by atoms with Gasteiger partial charge in [-0.3, -0.25) is 0 Å². The first-order valence-electron chi connectivity index (χ1n) is 9.78. The predicted molar refractivity (Wildman–Crippen MR) is 116 cm³/mol. The molecule has 0 atom stereocenters. The van der Waals surface area contributed by atoms with Gasteiger partial charge >= 0.3 is 6.03 Å². The van der Waals surface area contributed by atoms with Gasteiger partial charge in [0.2, 0.25) is 10.0 Å². The molecule has 1 aliphatic rings. The minimum absolute atomic E-state index is 0.208. The molecule has 2 heterocycles. The molecule has 0 saturated carbocycles. The quantitative estimate of drug-likeness (QED) is 0.656. The number of hydrogen-bond acceptors (Lipinski definition) is 5. The maximum atomic E-state index is 12.9. The van der Waals surface area contributed by atoms with Crippen molar-refractivity contribution in [3.8, 4) is 11.4 Å². The summed E-state index contributed by atoms with van der Waals surface area (Å²) in [5.41, 5.74) is 1.38. The fourth-order valence-corrected chi connectivity index (χ4v) is 4.84. The number of piperazine rings is 1. The van der Waals surface area contributed by atoms with Crippen LogP contribution in [0.2, 0.25) is 0 Å². The van der Waals surface area contributed by atoms with E-state index >= 15 is 0 Å². The second-order valence-electron chi connectivity index (χ2n) is 6.96. The maximum Gasteiger partial charge on any atom is 0.321 e. The first kappa shape index (κ1) is 20.9. The molecule has 1 aromatic heterocycles. The predicted octanol–water partition coefficient (Wildman–Crippen LogP) is 2.42. The van der Waals surface area contributed by atoms with Gasteiger partial charge in [-0.2, -0.15) is 9.40 Å². The molecule has 31 heavy (non-hydrogen) atoms. The summed E-state index contributed by atoms with van der Waals surface area (Å²) in [6.07, 6.45) is 3.47. The van der Waals surface area contributed by atoms with Crippen LogP contribution in [0.4, 0.5) is 10.5 Å². The van der Waals surface area contributed by atoms with Crippen molar-refractivity contribution < 1.29 is 17.9 Å². The summed E-state index contributed by atoms with van der Waals surface area (Å²) < 4.78 is 33.9. The lowest BCUT2D eigenvalue weighted by molar-refractivity contribution is 0.184. The highest BCUT2D eigenvalue weighted by Gasteiger charge is 2.30. The first-order chi connectivity index (χ1) is 15.0. The number of hydrogen-bond donors (Lipinski definition) is 1. The molecule has 0 spiro atoms. The SMILES string of the molecule is COc1ccc(S(=O)(=O)N2CCN(C(=O)Nc3ccccc3-n3cccn3)CC2)cc1. The number of nitrogens with one attached hydrogen (secondary N) is 1. The van der Waals surface area contributed by atoms with Gasteiger partial charge in [0.25, 0.3) is 0 Å². The molecular formula is C21H23N5O4S. The third kappa shape index (κ3) is 4.39. The zero-order valence-electron chi connectivity index (χ0n) is 17.0. The molecule has 162 valence electrons. The number of anilines is 1. The minimum Gasteiger partial charge on any atom is -0.497 e. The number of nitrogens with zero attached hydrogens (tertiary/aromatic N) is 4. The number of para-hydroxylation sites is 2. The van der Waals surface area contributed by atoms with Crippen molar-refractivity contribution in [3.05, 3.63) is 67.0 Å². The van der Waals surface area contributed by atoms with E-state index in [2.05, 4.69) is 10.4 Å². The standard InChI is InChI=1S/C21H23N5O4S/c1-30-17-7-9-18(10-8-17)31(28,29)25-15-13-24(14-16-25)21(27)23-19-5-2-3-6-20(19)26-12-4-11-22-26/h2-12H,13-16H2,1H3,(H,23,27). The molecule has 1 fully saturated rings. The molecule has 0 bridgehead atoms. The Morgan fingerprint density at radius 1 is 1.00 bits per heavy atom. The summed E-state index contributed by atoms with van der Waals surface area (Å²) >= 11 is 0. The average molecular weight is 442 g/mol. The van der Waals surface area contributed by atoms with Gasteiger partial charge in [-0.25, -0.2) is 17.9 Å². The molecule has 1 aliphatic heterocycles. The molecule has 0 unspecified atom stereocenters. The number of benzene rings is 2. The summed E-state index contributed by atoms with van der Waals surface area (Å²) in [4.78, 5) is 14.6. The van der Waals surface area contributed by atoms with Crippen molar-refractivity contribution in [2.24, 2.45) is 0 Å². The van der Waals surface area contributed by atoms with Crippen LogP contribution in [0.3, 0.4) is 0 Å². The van der Waals surface area contributed by atoms with Crippen LogP contribution in [0, 0.1) is 0 Å². The fraction of sp³-hybridized carbons (Fsp3) is 0.238. The van der Waals surface area contributed by atoms with Crippen molar-refractivity contribution in [2.45, 2.75) is 4.90 Å². The second kappa shape index (κ2) is 8.78. The Kier molecular flexibility index (Phi) is 5.92. The molecule has 9 nitrogen and oxygen atoms in total. The lowest BCUT2D eigenvalue weighted by Gasteiger charge is -2.34. The van der Waals surface area contributed by atoms with Gasteiger partial charge < -0.3 is 15.0 Å². The highest BCUT2D eigenvalue weighted by atomic mass is 32.2. The van der Waals surface area contributed by atoms with Crippen LogP contribution in [0.25, 0.3) is 5.69 Å². The van der Waals surface area contributed by atoms with E-state index < -0.39 is 10.0 Å². The van der Waals surface area contributed by atoms with Crippen molar-refractivity contribution in [1.29, 1.82) is 0 Å². The fourth-order valence-electron chi connectivity index (χ4n) is 3.41. The molecule has 2 amide bonds. The number of amides is 2. The van der Waals surface area contributed by atoms with Gasteiger partial charge in [-0.15, -0.1) is 0 Å². The minimum atomic E-state index is -3.62. The number of urea groups is 1. The summed E-state index contributed by atoms with van der Waals surface area (Å²) in [5, 5.41) is 7.12. The largest absolute Gasteiger partial charge is 0.497 e. The molecule has 0 radical (unpaired) electrons. The Labute approximate surface area is 180 Å². The zero-order valence-corrected chi connectivity index (χ0v) is 17.8. The molecule has 4 rings (SSSR count). The van der Waals surface area contributed by atoms with Gasteiger partial charge in [0.1, 0.15) is 5.75 Å². The van der Waals surface area contributed by atoms with Crippen molar-refractivity contribution in [1.82, 2.24) is 19.0 Å². The number of methoxy groups -OCH3 is 1. The van der Waals surface area contributed by atoms with Crippen molar-refractivity contribution >= 4 is 21.7 Å². The van der Waals surface area contributed by atoms with Gasteiger partial charge in [-0.05, 0) is 42.5 Å². The smallest absolute Gasteiger partial charge is 0.321 e. The van der Waals surface area contributed by atoms with Crippen LogP contribution >= 0.6 is 0 Å². The van der Waals surface area contributed by atoms with Gasteiger partial charge in [0, 0.05) is 38.6 Å². The van der Waals surface area contributed by atoms with E-state index in [0.717, 1.165) is 5.69 Å². The average Bonchev–Trinajstić information content (AvgIpc) is 3.34. The Morgan fingerprint density at radius 3 is 2.35 bits per heavy atom. The highest BCUT2D eigenvalue weighted by Crippen LogP contribution is 2.22. The molecule has 0 aliphatic carbocycles. The zero-order chi connectivity index (χ0) is 21.8. The van der Waals surface area contributed by atoms with Gasteiger partial charge in [0.05, 0.1) is 23.4 Å². The van der Waals surface area contributed by atoms with E-state index in [1.54, 1.807) is 46.2 Å². The van der Waals surface area contributed by atoms with Gasteiger partial charge in [0.15, 0.2) is 0 Å². The first-order valence-corrected chi connectivity index (χ1v) is 11.2. The van der Waals surface area contributed by atoms with E-state index in [4.69, 9.17) is 4.74 Å². The number of sulfonamides is 1. The maximum absolute atomic E-state index is 12.9. The summed E-state index contributed by atoms with van der Waals surface area (Å²) in [7, 11) is -2.09. The van der Waals surface area contributed by atoms with E-state index in [1.807, 2.05) is 18.2 Å². The molecule has 1 N–H and O–H groups in total. The van der Waals surface area contributed by atoms with Crippen molar-refractivity contribution in [3.63, 3.8) is 0 Å². The Bertz CT molecular complexity index is 1140. The second-order valence-corrected chi connectivity index (χ2v) is 8.90. The molecular weight excluding hydrogens is 418 g/mol. The van der Waals surface area contributed by atoms with Crippen LogP contribution in [0.1, 0.15) is 0 Å². The summed E-state index contributed by atoms with van der Waals surface area (Å²) in [6.45, 7) is 1.04. The topological polar surface area (TPSA) is 96.8 Å². The Balaban J connectivity index is 1.40. The van der Waals surface area contributed by atoms with Crippen molar-refractivity contribution in [2.75, 3.05) is 38.6 Å². The van der Waals surface area contributed by atoms with Gasteiger partial charge in [-0.1, -0.05) is 12.1 Å². The molecule has 1 saturated heterocycles. The lowest BCUT2D eigenvalue weighted by Crippen LogP contribution is -2.51. The van der Waals surface area contributed by atoms with E-state index in [1.165, 1.54) is 23.5 Å². The molecule has 2 aromatic carbocycles. The number of carbonyl (C=O) groups excluding carboxylic acids is 1. The van der Waals surface area contributed by atoms with E-state index in [0.29, 0.717) is 24.5 Å². The van der Waals surface area contributed by atoms with E-state index in [9.17, 15) is 13.2 Å². The highest BCUT2D eigenvalue weighted by molar-refractivity contribution is 7.89. The van der Waals surface area contributed by atoms with Crippen LogP contribution in [0.15, 0.2) is 71.9 Å². The third-order valence-electron chi connectivity index (χ3n) is 5.12. The number of aromatic nitrogens is 2. The van der Waals surface area contributed by atoms with E-state index in [-0.39, 0.29) is 24.0 Å². The summed E-state index contributed by atoms with van der Waals surface area (Å²) in [5.74, 6) is 0.593. The van der Waals surface area contributed by atoms with Crippen LogP contribution in [0.5, 0.6) is 5.75 Å². The van der Waals surface area contributed by atoms with Crippen LogP contribution in [-0.2, 0) is 10.0 Å².